The van der Waals surface area contributed by atoms with Crippen LogP contribution in [0.5, 0.6) is 34.5 Å². The molecule has 1 aromatic heterocycles. The summed E-state index contributed by atoms with van der Waals surface area (Å²) in [6.45, 7) is 10.4. The highest BCUT2D eigenvalue weighted by Gasteiger charge is 2.39. The monoisotopic (exact) mass is 699 g/mol. The SMILES string of the molecule is CCOC(=O)c1c2cc(-c3nc(-c4cc5c(C(=O)OCC)c(c4O)OC5C)nc(-c4cc5c(C(=O)OCC)c(c4O)OC5C)n3)c(O)c1OC2C. The lowest BCUT2D eigenvalue weighted by Gasteiger charge is -2.14. The molecular formula is C36H33N3O12. The maximum absolute atomic E-state index is 12.9. The fourth-order valence-corrected chi connectivity index (χ4v) is 6.52. The van der Waals surface area contributed by atoms with Crippen molar-refractivity contribution in [3.8, 4) is 68.7 Å². The number of aromatic hydroxyl groups is 3. The van der Waals surface area contributed by atoms with Crippen LogP contribution in [0.15, 0.2) is 18.2 Å². The van der Waals surface area contributed by atoms with Gasteiger partial charge in [-0.3, -0.25) is 0 Å². The Balaban J connectivity index is 1.48. The van der Waals surface area contributed by atoms with Gasteiger partial charge in [0.2, 0.25) is 0 Å². The first-order chi connectivity index (χ1) is 24.4. The third-order valence-corrected chi connectivity index (χ3v) is 8.85. The summed E-state index contributed by atoms with van der Waals surface area (Å²) in [6.07, 6.45) is -1.89. The van der Waals surface area contributed by atoms with Gasteiger partial charge in [0, 0.05) is 16.7 Å². The predicted molar refractivity (Wildman–Crippen MR) is 176 cm³/mol. The first-order valence-electron chi connectivity index (χ1n) is 16.4. The molecule has 4 heterocycles. The second-order valence-corrected chi connectivity index (χ2v) is 11.9. The summed E-state index contributed by atoms with van der Waals surface area (Å²) in [4.78, 5) is 52.4. The van der Waals surface area contributed by atoms with E-state index in [9.17, 15) is 29.7 Å². The molecule has 51 heavy (non-hydrogen) atoms. The number of carbonyl (C=O) groups excluding carboxylic acids is 3. The van der Waals surface area contributed by atoms with Gasteiger partial charge in [-0.2, -0.15) is 0 Å². The number of hydrogen-bond donors (Lipinski definition) is 3. The number of ether oxygens (including phenoxy) is 6. The lowest BCUT2D eigenvalue weighted by Crippen LogP contribution is -2.08. The van der Waals surface area contributed by atoms with Gasteiger partial charge in [0.15, 0.2) is 52.0 Å². The van der Waals surface area contributed by atoms with Crippen LogP contribution in [0.2, 0.25) is 0 Å². The first-order valence-corrected chi connectivity index (χ1v) is 16.4. The summed E-state index contributed by atoms with van der Waals surface area (Å²) in [7, 11) is 0. The van der Waals surface area contributed by atoms with E-state index in [4.69, 9.17) is 28.4 Å². The zero-order valence-electron chi connectivity index (χ0n) is 28.4. The van der Waals surface area contributed by atoms with Crippen LogP contribution in [-0.2, 0) is 14.2 Å². The van der Waals surface area contributed by atoms with Gasteiger partial charge in [-0.05, 0) is 59.7 Å². The summed E-state index contributed by atoms with van der Waals surface area (Å²) in [6, 6.07) is 4.50. The van der Waals surface area contributed by atoms with E-state index < -0.39 is 53.5 Å². The summed E-state index contributed by atoms with van der Waals surface area (Å²) >= 11 is 0. The minimum atomic E-state index is -0.677. The minimum absolute atomic E-state index is 0.0486. The Bertz CT molecular complexity index is 1930. The number of phenols is 3. The average Bonchev–Trinajstić information content (AvgIpc) is 3.64. The van der Waals surface area contributed by atoms with Gasteiger partial charge in [-0.25, -0.2) is 29.3 Å². The topological polar surface area (TPSA) is 206 Å². The van der Waals surface area contributed by atoms with Crippen LogP contribution >= 0.6 is 0 Å². The zero-order valence-corrected chi connectivity index (χ0v) is 28.4. The molecule has 15 heteroatoms. The molecule has 3 atom stereocenters. The van der Waals surface area contributed by atoms with E-state index in [1.165, 1.54) is 18.2 Å². The Morgan fingerprint density at radius 1 is 0.549 bits per heavy atom. The summed E-state index contributed by atoms with van der Waals surface area (Å²) in [5.41, 5.74) is 1.59. The van der Waals surface area contributed by atoms with E-state index in [0.717, 1.165) is 0 Å². The Kier molecular flexibility index (Phi) is 8.07. The van der Waals surface area contributed by atoms with Crippen molar-refractivity contribution in [2.45, 2.75) is 59.9 Å². The summed E-state index contributed by atoms with van der Waals surface area (Å²) in [5.74, 6) is -4.12. The van der Waals surface area contributed by atoms with E-state index in [2.05, 4.69) is 15.0 Å². The highest BCUT2D eigenvalue weighted by atomic mass is 16.6. The first kappa shape index (κ1) is 33.4. The Hall–Kier alpha value is -6.12. The average molecular weight is 700 g/mol. The molecule has 0 amide bonds. The molecule has 0 saturated carbocycles. The van der Waals surface area contributed by atoms with Crippen LogP contribution in [0, 0.1) is 0 Å². The number of hydrogen-bond acceptors (Lipinski definition) is 15. The number of esters is 3. The maximum Gasteiger partial charge on any atom is 0.342 e. The van der Waals surface area contributed by atoms with Crippen molar-refractivity contribution in [2.24, 2.45) is 0 Å². The second kappa shape index (κ2) is 12.3. The molecule has 0 radical (unpaired) electrons. The van der Waals surface area contributed by atoms with Gasteiger partial charge in [-0.15, -0.1) is 0 Å². The van der Waals surface area contributed by atoms with E-state index in [0.29, 0.717) is 16.7 Å². The van der Waals surface area contributed by atoms with Crippen molar-refractivity contribution in [1.82, 2.24) is 15.0 Å². The van der Waals surface area contributed by atoms with Crippen molar-refractivity contribution < 1.29 is 58.1 Å². The quantitative estimate of drug-likeness (QED) is 0.138. The molecule has 0 aliphatic carbocycles. The number of rotatable bonds is 9. The predicted octanol–water partition coefficient (Wildman–Crippen LogP) is 5.88. The molecule has 0 saturated heterocycles. The summed E-state index contributed by atoms with van der Waals surface area (Å²) in [5, 5.41) is 34.5. The highest BCUT2D eigenvalue weighted by molar-refractivity contribution is 6.00. The molecule has 3 unspecified atom stereocenters. The maximum atomic E-state index is 12.9. The molecule has 4 aromatic rings. The van der Waals surface area contributed by atoms with E-state index >= 15 is 0 Å². The fraction of sp³-hybridized carbons (Fsp3) is 0.333. The van der Waals surface area contributed by atoms with E-state index in [-0.39, 0.29) is 87.9 Å². The third kappa shape index (κ3) is 5.10. The number of phenolic OH excluding ortho intramolecular Hbond substituents is 3. The van der Waals surface area contributed by atoms with Crippen LogP contribution in [0.3, 0.4) is 0 Å². The van der Waals surface area contributed by atoms with Gasteiger partial charge in [-0.1, -0.05) is 0 Å². The van der Waals surface area contributed by atoms with Crippen LogP contribution in [0.4, 0.5) is 0 Å². The van der Waals surface area contributed by atoms with Gasteiger partial charge < -0.3 is 43.7 Å². The lowest BCUT2D eigenvalue weighted by molar-refractivity contribution is 0.0515. The number of aromatic nitrogens is 3. The Labute approximate surface area is 290 Å². The lowest BCUT2D eigenvalue weighted by atomic mass is 9.98. The van der Waals surface area contributed by atoms with Crippen molar-refractivity contribution in [2.75, 3.05) is 19.8 Å². The van der Waals surface area contributed by atoms with Crippen molar-refractivity contribution >= 4 is 17.9 Å². The number of fused-ring (bicyclic) bond motifs is 6. The number of benzene rings is 3. The normalized spacial score (nSPS) is 17.4. The van der Waals surface area contributed by atoms with Gasteiger partial charge >= 0.3 is 17.9 Å². The number of nitrogens with zero attached hydrogens (tertiary/aromatic N) is 3. The molecular weight excluding hydrogens is 666 g/mol. The van der Waals surface area contributed by atoms with Crippen molar-refractivity contribution in [3.05, 3.63) is 51.6 Å². The molecule has 7 rings (SSSR count). The van der Waals surface area contributed by atoms with Crippen LogP contribution < -0.4 is 14.2 Å². The van der Waals surface area contributed by atoms with E-state index in [1.807, 2.05) is 0 Å². The van der Waals surface area contributed by atoms with Crippen molar-refractivity contribution in [1.29, 1.82) is 0 Å². The van der Waals surface area contributed by atoms with Gasteiger partial charge in [0.1, 0.15) is 35.0 Å². The molecule has 3 aromatic carbocycles. The Morgan fingerprint density at radius 2 is 0.804 bits per heavy atom. The molecule has 0 spiro atoms. The molecule has 264 valence electrons. The molecule has 6 bridgehead atoms. The van der Waals surface area contributed by atoms with Gasteiger partial charge in [0.25, 0.3) is 0 Å². The van der Waals surface area contributed by atoms with Gasteiger partial charge in [0.05, 0.1) is 36.5 Å². The van der Waals surface area contributed by atoms with Crippen LogP contribution in [0.25, 0.3) is 34.2 Å². The van der Waals surface area contributed by atoms with Crippen molar-refractivity contribution in [3.63, 3.8) is 0 Å². The third-order valence-electron chi connectivity index (χ3n) is 8.85. The van der Waals surface area contributed by atoms with Crippen LogP contribution in [0.1, 0.15) is 108 Å². The minimum Gasteiger partial charge on any atom is -0.504 e. The fourth-order valence-electron chi connectivity index (χ4n) is 6.52. The van der Waals surface area contributed by atoms with Crippen LogP contribution in [-0.4, -0.2) is 68.0 Å². The summed E-state index contributed by atoms with van der Waals surface area (Å²) < 4.78 is 33.1. The number of carbonyl (C=O) groups is 3. The second-order valence-electron chi connectivity index (χ2n) is 11.9. The molecule has 15 nitrogen and oxygen atoms in total. The molecule has 3 N–H and O–H groups in total. The Morgan fingerprint density at radius 3 is 1.04 bits per heavy atom. The molecule has 3 aliphatic heterocycles. The molecule has 3 aliphatic rings. The smallest absolute Gasteiger partial charge is 0.342 e. The largest absolute Gasteiger partial charge is 0.504 e. The van der Waals surface area contributed by atoms with E-state index in [1.54, 1.807) is 41.5 Å². The molecule has 0 fully saturated rings. The standard InChI is InChI=1S/C36H33N3O12/c1-7-46-34(43)22-16-10-19(25(40)28(22)49-13(16)4)31-37-32(20-11-17-14(5)50-29(26(20)41)23(17)35(44)47-8-2)39-33(38-31)21-12-18-15(6)51-30(27(21)42)24(18)36(45)48-9-3/h10-15,40-42H,7-9H2,1-6H3. The highest BCUT2D eigenvalue weighted by Crippen LogP contribution is 2.53. The zero-order chi connectivity index (χ0) is 36.5.